The van der Waals surface area contributed by atoms with Crippen molar-refractivity contribution in [3.63, 3.8) is 0 Å². The predicted molar refractivity (Wildman–Crippen MR) is 73.5 cm³/mol. The van der Waals surface area contributed by atoms with Gasteiger partial charge in [-0.2, -0.15) is 11.8 Å². The normalized spacial score (nSPS) is 24.4. The summed E-state index contributed by atoms with van der Waals surface area (Å²) in [5.41, 5.74) is 0. The molecule has 1 unspecified atom stereocenters. The Labute approximate surface area is 113 Å². The topological polar surface area (TPSA) is 40.6 Å². The molecule has 2 rings (SSSR count). The summed E-state index contributed by atoms with van der Waals surface area (Å²) >= 11 is 1.84. The quantitative estimate of drug-likeness (QED) is 0.708. The number of carbonyl (C=O) groups excluding carboxylic acids is 2. The molecule has 1 atom stereocenters. The van der Waals surface area contributed by atoms with Crippen LogP contribution in [0.5, 0.6) is 0 Å². The Morgan fingerprint density at radius 1 is 1.28 bits per heavy atom. The zero-order valence-electron chi connectivity index (χ0n) is 11.1. The lowest BCUT2D eigenvalue weighted by molar-refractivity contribution is -0.139. The molecule has 2 saturated heterocycles. The number of rotatable bonds is 5. The first-order valence-corrected chi connectivity index (χ1v) is 8.20. The van der Waals surface area contributed by atoms with Crippen molar-refractivity contribution in [2.24, 2.45) is 0 Å². The summed E-state index contributed by atoms with van der Waals surface area (Å²) in [6, 6.07) is -0.152. The van der Waals surface area contributed by atoms with Gasteiger partial charge in [0.05, 0.1) is 0 Å². The lowest BCUT2D eigenvalue weighted by Gasteiger charge is -2.25. The van der Waals surface area contributed by atoms with Crippen molar-refractivity contribution in [1.29, 1.82) is 0 Å². The molecule has 0 bridgehead atoms. The molecule has 2 aliphatic rings. The van der Waals surface area contributed by atoms with Crippen LogP contribution in [-0.4, -0.2) is 59.3 Å². The Morgan fingerprint density at radius 3 is 2.89 bits per heavy atom. The van der Waals surface area contributed by atoms with Crippen LogP contribution in [0.15, 0.2) is 0 Å². The second kappa shape index (κ2) is 6.45. The van der Waals surface area contributed by atoms with E-state index in [1.807, 2.05) is 16.7 Å². The van der Waals surface area contributed by atoms with Crippen LogP contribution < -0.4 is 0 Å². The third-order valence-corrected chi connectivity index (χ3v) is 4.49. The molecule has 0 aromatic carbocycles. The fourth-order valence-electron chi connectivity index (χ4n) is 2.79. The molecule has 2 fully saturated rings. The molecule has 0 spiro atoms. The van der Waals surface area contributed by atoms with Crippen molar-refractivity contribution in [3.05, 3.63) is 0 Å². The average Bonchev–Trinajstić information content (AvgIpc) is 2.82. The smallest absolute Gasteiger partial charge is 0.245 e. The minimum Gasteiger partial charge on any atom is -0.340 e. The average molecular weight is 270 g/mol. The number of hydrogen-bond acceptors (Lipinski definition) is 3. The SMILES string of the molecule is CSCCCCN1CCC(=O)N2CCCC2C1=O. The monoisotopic (exact) mass is 270 g/mol. The summed E-state index contributed by atoms with van der Waals surface area (Å²) < 4.78 is 0. The number of amides is 2. The standard InChI is InChI=1S/C13H22N2O2S/c1-18-10-3-2-7-14-9-6-12(16)15-8-4-5-11(15)13(14)17/h11H,2-10H2,1H3. The van der Waals surface area contributed by atoms with E-state index in [0.29, 0.717) is 13.0 Å². The number of carbonyl (C=O) groups is 2. The van der Waals surface area contributed by atoms with Crippen molar-refractivity contribution < 1.29 is 9.59 Å². The summed E-state index contributed by atoms with van der Waals surface area (Å²) in [5, 5.41) is 0. The highest BCUT2D eigenvalue weighted by molar-refractivity contribution is 7.98. The van der Waals surface area contributed by atoms with Crippen LogP contribution >= 0.6 is 11.8 Å². The molecule has 0 aliphatic carbocycles. The van der Waals surface area contributed by atoms with Gasteiger partial charge in [-0.15, -0.1) is 0 Å². The van der Waals surface area contributed by atoms with Crippen molar-refractivity contribution in [2.45, 2.75) is 38.1 Å². The molecule has 0 aromatic rings. The molecule has 2 amide bonds. The second-order valence-electron chi connectivity index (χ2n) is 5.02. The van der Waals surface area contributed by atoms with E-state index in [9.17, 15) is 9.59 Å². The van der Waals surface area contributed by atoms with Crippen LogP contribution in [0.2, 0.25) is 0 Å². The van der Waals surface area contributed by atoms with Crippen molar-refractivity contribution >= 4 is 23.6 Å². The van der Waals surface area contributed by atoms with Gasteiger partial charge in [0, 0.05) is 26.1 Å². The summed E-state index contributed by atoms with van der Waals surface area (Å²) in [7, 11) is 0. The molecule has 102 valence electrons. The molecule has 0 radical (unpaired) electrons. The third-order valence-electron chi connectivity index (χ3n) is 3.79. The van der Waals surface area contributed by atoms with Gasteiger partial charge in [-0.25, -0.2) is 0 Å². The number of fused-ring (bicyclic) bond motifs is 1. The minimum absolute atomic E-state index is 0.152. The van der Waals surface area contributed by atoms with Crippen LogP contribution in [0.1, 0.15) is 32.1 Å². The molecule has 0 saturated carbocycles. The van der Waals surface area contributed by atoms with E-state index < -0.39 is 0 Å². The van der Waals surface area contributed by atoms with Crippen LogP contribution in [0.4, 0.5) is 0 Å². The van der Waals surface area contributed by atoms with Crippen molar-refractivity contribution in [3.8, 4) is 0 Å². The first-order valence-electron chi connectivity index (χ1n) is 6.81. The molecule has 2 heterocycles. The highest BCUT2D eigenvalue weighted by atomic mass is 32.2. The van der Waals surface area contributed by atoms with Crippen molar-refractivity contribution in [2.75, 3.05) is 31.6 Å². The van der Waals surface area contributed by atoms with Gasteiger partial charge in [0.2, 0.25) is 11.8 Å². The molecule has 4 nitrogen and oxygen atoms in total. The third kappa shape index (κ3) is 2.99. The van der Waals surface area contributed by atoms with Gasteiger partial charge in [0.25, 0.3) is 0 Å². The Bertz CT molecular complexity index is 322. The predicted octanol–water partition coefficient (Wildman–Crippen LogP) is 1.35. The van der Waals surface area contributed by atoms with Crippen LogP contribution in [0.3, 0.4) is 0 Å². The first kappa shape index (κ1) is 13.7. The van der Waals surface area contributed by atoms with E-state index in [1.54, 1.807) is 4.90 Å². The maximum absolute atomic E-state index is 12.4. The lowest BCUT2D eigenvalue weighted by atomic mass is 10.2. The Hall–Kier alpha value is -0.710. The van der Waals surface area contributed by atoms with Gasteiger partial charge < -0.3 is 9.80 Å². The van der Waals surface area contributed by atoms with Crippen LogP contribution in [0, 0.1) is 0 Å². The van der Waals surface area contributed by atoms with Crippen LogP contribution in [-0.2, 0) is 9.59 Å². The summed E-state index contributed by atoms with van der Waals surface area (Å²) in [5.74, 6) is 1.50. The Kier molecular flexibility index (Phi) is 4.92. The van der Waals surface area contributed by atoms with E-state index in [-0.39, 0.29) is 17.9 Å². The van der Waals surface area contributed by atoms with Gasteiger partial charge in [0.15, 0.2) is 0 Å². The summed E-state index contributed by atoms with van der Waals surface area (Å²) in [6.45, 7) is 2.20. The highest BCUT2D eigenvalue weighted by Gasteiger charge is 2.38. The summed E-state index contributed by atoms with van der Waals surface area (Å²) in [4.78, 5) is 28.0. The van der Waals surface area contributed by atoms with Crippen LogP contribution in [0.25, 0.3) is 0 Å². The number of unbranched alkanes of at least 4 members (excludes halogenated alkanes) is 1. The second-order valence-corrected chi connectivity index (χ2v) is 6.01. The van der Waals surface area contributed by atoms with Gasteiger partial charge in [-0.3, -0.25) is 9.59 Å². The van der Waals surface area contributed by atoms with Gasteiger partial charge in [-0.05, 0) is 37.7 Å². The lowest BCUT2D eigenvalue weighted by Crippen LogP contribution is -2.43. The van der Waals surface area contributed by atoms with E-state index in [4.69, 9.17) is 0 Å². The van der Waals surface area contributed by atoms with E-state index in [1.165, 1.54) is 0 Å². The molecule has 5 heteroatoms. The van der Waals surface area contributed by atoms with Crippen molar-refractivity contribution in [1.82, 2.24) is 9.80 Å². The molecule has 0 N–H and O–H groups in total. The zero-order valence-corrected chi connectivity index (χ0v) is 11.9. The van der Waals surface area contributed by atoms with E-state index >= 15 is 0 Å². The molecular weight excluding hydrogens is 248 g/mol. The molecule has 0 aromatic heterocycles. The maximum atomic E-state index is 12.4. The van der Waals surface area contributed by atoms with Gasteiger partial charge in [-0.1, -0.05) is 0 Å². The minimum atomic E-state index is -0.152. The Balaban J connectivity index is 1.91. The van der Waals surface area contributed by atoms with Gasteiger partial charge >= 0.3 is 0 Å². The number of nitrogens with zero attached hydrogens (tertiary/aromatic N) is 2. The maximum Gasteiger partial charge on any atom is 0.245 e. The first-order chi connectivity index (χ1) is 8.74. The molecule has 2 aliphatic heterocycles. The van der Waals surface area contributed by atoms with E-state index in [0.717, 1.165) is 44.5 Å². The van der Waals surface area contributed by atoms with E-state index in [2.05, 4.69) is 6.26 Å². The fourth-order valence-corrected chi connectivity index (χ4v) is 3.28. The Morgan fingerprint density at radius 2 is 2.11 bits per heavy atom. The fraction of sp³-hybridized carbons (Fsp3) is 0.846. The zero-order chi connectivity index (χ0) is 13.0. The summed E-state index contributed by atoms with van der Waals surface area (Å²) in [6.07, 6.45) is 6.63. The van der Waals surface area contributed by atoms with Gasteiger partial charge in [0.1, 0.15) is 6.04 Å². The largest absolute Gasteiger partial charge is 0.340 e. The highest BCUT2D eigenvalue weighted by Crippen LogP contribution is 2.23. The number of thioether (sulfide) groups is 1. The molecular formula is C13H22N2O2S. The number of hydrogen-bond donors (Lipinski definition) is 0. The molecule has 18 heavy (non-hydrogen) atoms.